The smallest absolute Gasteiger partial charge is 0.325 e. The predicted molar refractivity (Wildman–Crippen MR) is 74.2 cm³/mol. The molecule has 0 aromatic carbocycles. The molecule has 0 aromatic rings. The molecule has 0 aromatic heterocycles. The van der Waals surface area contributed by atoms with E-state index in [1.54, 1.807) is 12.0 Å². The van der Waals surface area contributed by atoms with Crippen LogP contribution in [0.1, 0.15) is 51.4 Å². The van der Waals surface area contributed by atoms with Crippen LogP contribution in [0.5, 0.6) is 0 Å². The number of nitrogens with zero attached hydrogens (tertiary/aromatic N) is 1. The first-order valence-corrected chi connectivity index (χ1v) is 7.52. The normalized spacial score (nSPS) is 21.3. The van der Waals surface area contributed by atoms with Crippen molar-refractivity contribution in [3.05, 3.63) is 0 Å². The first-order chi connectivity index (χ1) is 9.60. The second kappa shape index (κ2) is 6.57. The minimum absolute atomic E-state index is 0.0313. The van der Waals surface area contributed by atoms with Crippen LogP contribution in [0.4, 0.5) is 0 Å². The molecule has 1 amide bonds. The van der Waals surface area contributed by atoms with Gasteiger partial charge >= 0.3 is 5.97 Å². The van der Waals surface area contributed by atoms with Gasteiger partial charge in [0, 0.05) is 13.2 Å². The number of hydrogen-bond acceptors (Lipinski definition) is 4. The van der Waals surface area contributed by atoms with E-state index in [0.717, 1.165) is 44.9 Å². The summed E-state index contributed by atoms with van der Waals surface area (Å²) in [5, 5.41) is 0. The number of carbonyl (C=O) groups excluding carboxylic acids is 2. The highest BCUT2D eigenvalue weighted by Crippen LogP contribution is 2.39. The Morgan fingerprint density at radius 2 is 1.80 bits per heavy atom. The van der Waals surface area contributed by atoms with Gasteiger partial charge in [0.25, 0.3) is 0 Å². The number of carbonyl (C=O) groups is 2. The van der Waals surface area contributed by atoms with E-state index in [0.29, 0.717) is 6.42 Å². The van der Waals surface area contributed by atoms with Crippen molar-refractivity contribution in [2.45, 2.75) is 63.0 Å². The van der Waals surface area contributed by atoms with Crippen molar-refractivity contribution in [2.24, 2.45) is 0 Å². The van der Waals surface area contributed by atoms with Crippen LogP contribution >= 0.6 is 0 Å². The van der Waals surface area contributed by atoms with Crippen LogP contribution in [0.15, 0.2) is 0 Å². The fourth-order valence-electron chi connectivity index (χ4n) is 3.24. The molecule has 0 saturated heterocycles. The van der Waals surface area contributed by atoms with Crippen LogP contribution in [0, 0.1) is 0 Å². The Labute approximate surface area is 120 Å². The summed E-state index contributed by atoms with van der Waals surface area (Å²) in [6, 6.07) is 0.190. The Hall–Kier alpha value is -1.10. The molecule has 114 valence electrons. The van der Waals surface area contributed by atoms with Crippen LogP contribution in [0.3, 0.4) is 0 Å². The molecule has 0 radical (unpaired) electrons. The molecule has 0 heterocycles. The molecule has 5 nitrogen and oxygen atoms in total. The Bertz CT molecular complexity index is 353. The largest absolute Gasteiger partial charge is 0.468 e. The highest BCUT2D eigenvalue weighted by atomic mass is 16.5. The average Bonchev–Trinajstić information content (AvgIpc) is 2.93. The lowest BCUT2D eigenvalue weighted by Gasteiger charge is -2.41. The van der Waals surface area contributed by atoms with Crippen molar-refractivity contribution in [3.8, 4) is 0 Å². The molecule has 5 heteroatoms. The second-order valence-electron chi connectivity index (χ2n) is 5.95. The van der Waals surface area contributed by atoms with Crippen molar-refractivity contribution >= 4 is 11.9 Å². The lowest BCUT2D eigenvalue weighted by molar-refractivity contribution is -0.154. The molecule has 0 spiro atoms. The summed E-state index contributed by atoms with van der Waals surface area (Å²) in [5.41, 5.74) is -0.288. The van der Waals surface area contributed by atoms with Crippen LogP contribution in [0.2, 0.25) is 0 Å². The Balaban J connectivity index is 2.00. The van der Waals surface area contributed by atoms with Gasteiger partial charge in [0.1, 0.15) is 6.54 Å². The quantitative estimate of drug-likeness (QED) is 0.699. The zero-order valence-electron chi connectivity index (χ0n) is 12.5. The summed E-state index contributed by atoms with van der Waals surface area (Å²) in [6.45, 7) is 0.0692. The van der Waals surface area contributed by atoms with E-state index in [2.05, 4.69) is 0 Å². The zero-order valence-corrected chi connectivity index (χ0v) is 12.5. The molecule has 20 heavy (non-hydrogen) atoms. The number of rotatable bonds is 6. The predicted octanol–water partition coefficient (Wildman–Crippen LogP) is 1.89. The van der Waals surface area contributed by atoms with E-state index in [9.17, 15) is 9.59 Å². The third-order valence-electron chi connectivity index (χ3n) is 4.78. The molecular formula is C15H25NO4. The molecule has 2 saturated carbocycles. The van der Waals surface area contributed by atoms with Gasteiger partial charge in [-0.2, -0.15) is 0 Å². The van der Waals surface area contributed by atoms with Gasteiger partial charge in [-0.1, -0.05) is 12.8 Å². The molecule has 0 aliphatic heterocycles. The molecule has 2 aliphatic rings. The van der Waals surface area contributed by atoms with Crippen molar-refractivity contribution in [1.29, 1.82) is 0 Å². The van der Waals surface area contributed by atoms with Crippen molar-refractivity contribution in [2.75, 3.05) is 20.8 Å². The minimum atomic E-state index is -0.342. The lowest BCUT2D eigenvalue weighted by atomic mass is 9.77. The number of amides is 1. The summed E-state index contributed by atoms with van der Waals surface area (Å²) in [5.74, 6) is -0.311. The van der Waals surface area contributed by atoms with Gasteiger partial charge in [-0.3, -0.25) is 9.59 Å². The lowest BCUT2D eigenvalue weighted by Crippen LogP contribution is -2.49. The molecule has 2 aliphatic carbocycles. The van der Waals surface area contributed by atoms with Gasteiger partial charge in [0.2, 0.25) is 5.91 Å². The molecule has 0 atom stereocenters. The molecule has 0 bridgehead atoms. The van der Waals surface area contributed by atoms with Crippen molar-refractivity contribution in [1.82, 2.24) is 4.90 Å². The third kappa shape index (κ3) is 3.32. The van der Waals surface area contributed by atoms with Gasteiger partial charge in [0.15, 0.2) is 0 Å². The van der Waals surface area contributed by atoms with Gasteiger partial charge in [-0.05, 0) is 32.1 Å². The van der Waals surface area contributed by atoms with E-state index < -0.39 is 0 Å². The van der Waals surface area contributed by atoms with E-state index >= 15 is 0 Å². The monoisotopic (exact) mass is 283 g/mol. The zero-order chi connectivity index (χ0) is 14.6. The van der Waals surface area contributed by atoms with Gasteiger partial charge in [0.05, 0.1) is 19.1 Å². The van der Waals surface area contributed by atoms with Crippen LogP contribution in [-0.4, -0.2) is 49.2 Å². The first kappa shape index (κ1) is 15.3. The van der Waals surface area contributed by atoms with Gasteiger partial charge in [-0.15, -0.1) is 0 Å². The second-order valence-corrected chi connectivity index (χ2v) is 5.95. The van der Waals surface area contributed by atoms with Gasteiger partial charge in [-0.25, -0.2) is 0 Å². The highest BCUT2D eigenvalue weighted by Gasteiger charge is 2.41. The number of ether oxygens (including phenoxy) is 2. The maximum absolute atomic E-state index is 12.6. The Morgan fingerprint density at radius 3 is 2.25 bits per heavy atom. The average molecular weight is 283 g/mol. The minimum Gasteiger partial charge on any atom is -0.468 e. The Morgan fingerprint density at radius 1 is 1.15 bits per heavy atom. The molecule has 2 fully saturated rings. The van der Waals surface area contributed by atoms with Crippen LogP contribution in [-0.2, 0) is 19.1 Å². The van der Waals surface area contributed by atoms with Crippen LogP contribution in [0.25, 0.3) is 0 Å². The van der Waals surface area contributed by atoms with E-state index in [4.69, 9.17) is 9.47 Å². The summed E-state index contributed by atoms with van der Waals surface area (Å²) < 4.78 is 10.2. The standard InChI is InChI=1S/C15H25NO4/c1-19-14(18)11-16(12-6-3-4-7-12)13(17)10-15(20-2)8-5-9-15/h12H,3-11H2,1-2H3. The summed E-state index contributed by atoms with van der Waals surface area (Å²) in [7, 11) is 3.04. The molecule has 2 rings (SSSR count). The van der Waals surface area contributed by atoms with E-state index in [-0.39, 0.29) is 30.1 Å². The number of methoxy groups -OCH3 is 2. The maximum atomic E-state index is 12.6. The van der Waals surface area contributed by atoms with E-state index in [1.165, 1.54) is 7.11 Å². The summed E-state index contributed by atoms with van der Waals surface area (Å²) in [4.78, 5) is 25.9. The highest BCUT2D eigenvalue weighted by molar-refractivity contribution is 5.83. The molecular weight excluding hydrogens is 258 g/mol. The first-order valence-electron chi connectivity index (χ1n) is 7.52. The fourth-order valence-corrected chi connectivity index (χ4v) is 3.24. The molecule has 0 N–H and O–H groups in total. The van der Waals surface area contributed by atoms with E-state index in [1.807, 2.05) is 0 Å². The summed E-state index contributed by atoms with van der Waals surface area (Å²) >= 11 is 0. The van der Waals surface area contributed by atoms with Gasteiger partial charge < -0.3 is 14.4 Å². The maximum Gasteiger partial charge on any atom is 0.325 e. The number of esters is 1. The van der Waals surface area contributed by atoms with Crippen molar-refractivity contribution < 1.29 is 19.1 Å². The fraction of sp³-hybridized carbons (Fsp3) is 0.867. The van der Waals surface area contributed by atoms with Crippen LogP contribution < -0.4 is 0 Å². The number of hydrogen-bond donors (Lipinski definition) is 0. The SMILES string of the molecule is COC(=O)CN(C(=O)CC1(OC)CCC1)C1CCCC1. The summed E-state index contributed by atoms with van der Waals surface area (Å²) in [6.07, 6.45) is 7.61. The topological polar surface area (TPSA) is 55.8 Å². The third-order valence-corrected chi connectivity index (χ3v) is 4.78. The molecule has 0 unspecified atom stereocenters. The van der Waals surface area contributed by atoms with Crippen molar-refractivity contribution in [3.63, 3.8) is 0 Å². The Kier molecular flexibility index (Phi) is 5.02.